The van der Waals surface area contributed by atoms with Crippen LogP contribution in [0.2, 0.25) is 5.02 Å². The van der Waals surface area contributed by atoms with Gasteiger partial charge in [0.1, 0.15) is 11.5 Å². The van der Waals surface area contributed by atoms with Crippen molar-refractivity contribution in [3.8, 4) is 5.75 Å². The van der Waals surface area contributed by atoms with Gasteiger partial charge in [-0.15, -0.1) is 0 Å². The van der Waals surface area contributed by atoms with Gasteiger partial charge < -0.3 is 9.84 Å². The molecule has 0 aromatic heterocycles. The molecule has 1 heterocycles. The third kappa shape index (κ3) is 4.37. The van der Waals surface area contributed by atoms with E-state index >= 15 is 0 Å². The number of ketones is 1. The number of aryl methyl sites for hydroxylation is 1. The number of carbonyl (C=O) groups is 2. The van der Waals surface area contributed by atoms with Crippen LogP contribution in [-0.4, -0.2) is 23.4 Å². The minimum Gasteiger partial charge on any atom is -0.507 e. The first-order valence-corrected chi connectivity index (χ1v) is 11.2. The molecule has 6 heteroatoms. The molecule has 1 fully saturated rings. The molecule has 0 spiro atoms. The van der Waals surface area contributed by atoms with Crippen molar-refractivity contribution in [2.45, 2.75) is 26.3 Å². The first-order valence-electron chi connectivity index (χ1n) is 10.8. The number of hydrogen-bond donors (Lipinski definition) is 1. The molecule has 1 atom stereocenters. The summed E-state index contributed by atoms with van der Waals surface area (Å²) >= 11 is 6.07. The molecule has 3 aromatic carbocycles. The lowest BCUT2D eigenvalue weighted by Gasteiger charge is -2.25. The molecule has 0 saturated carbocycles. The van der Waals surface area contributed by atoms with Crippen molar-refractivity contribution >= 4 is 34.7 Å². The lowest BCUT2D eigenvalue weighted by molar-refractivity contribution is -0.132. The first-order chi connectivity index (χ1) is 15.9. The Hall–Kier alpha value is -3.57. The molecular weight excluding hydrogens is 438 g/mol. The second-order valence-corrected chi connectivity index (χ2v) is 8.32. The minimum atomic E-state index is -0.791. The number of anilines is 1. The average molecular weight is 462 g/mol. The number of hydrogen-bond acceptors (Lipinski definition) is 4. The van der Waals surface area contributed by atoms with E-state index < -0.39 is 17.7 Å². The minimum absolute atomic E-state index is 0.0350. The standard InChI is InChI=1S/C27H24ClNO4/c1-3-15-33-22-14-11-19(16-17(22)2)25(30)23-24(18-9-12-20(28)13-10-18)29(27(32)26(23)31)21-7-5-4-6-8-21/h4-14,16,24,30H,3,15H2,1-2H3/b25-23-. The molecule has 33 heavy (non-hydrogen) atoms. The first kappa shape index (κ1) is 22.6. The summed E-state index contributed by atoms with van der Waals surface area (Å²) in [6.07, 6.45) is 0.880. The summed E-state index contributed by atoms with van der Waals surface area (Å²) in [4.78, 5) is 27.7. The van der Waals surface area contributed by atoms with Gasteiger partial charge in [0.2, 0.25) is 0 Å². The van der Waals surface area contributed by atoms with Gasteiger partial charge in [0.05, 0.1) is 18.2 Å². The summed E-state index contributed by atoms with van der Waals surface area (Å²) in [5.74, 6) is -0.938. The number of Topliss-reactive ketones (excluding diaryl/α,β-unsaturated/α-hetero) is 1. The van der Waals surface area contributed by atoms with E-state index in [9.17, 15) is 14.7 Å². The SMILES string of the molecule is CCCOc1ccc(/C(O)=C2/C(=O)C(=O)N(c3ccccc3)C2c2ccc(Cl)cc2)cc1C. The fraction of sp³-hybridized carbons (Fsp3) is 0.185. The number of para-hydroxylation sites is 1. The zero-order chi connectivity index (χ0) is 23.5. The van der Waals surface area contributed by atoms with Crippen LogP contribution in [0.3, 0.4) is 0 Å². The number of aliphatic hydroxyl groups is 1. The zero-order valence-corrected chi connectivity index (χ0v) is 19.2. The van der Waals surface area contributed by atoms with Gasteiger partial charge in [-0.05, 0) is 66.9 Å². The van der Waals surface area contributed by atoms with Crippen LogP contribution in [0.5, 0.6) is 5.75 Å². The maximum Gasteiger partial charge on any atom is 0.300 e. The van der Waals surface area contributed by atoms with E-state index in [4.69, 9.17) is 16.3 Å². The third-order valence-corrected chi connectivity index (χ3v) is 5.83. The van der Waals surface area contributed by atoms with Crippen molar-refractivity contribution < 1.29 is 19.4 Å². The van der Waals surface area contributed by atoms with E-state index in [1.165, 1.54) is 4.90 Å². The van der Waals surface area contributed by atoms with Crippen LogP contribution in [-0.2, 0) is 9.59 Å². The van der Waals surface area contributed by atoms with Crippen molar-refractivity contribution in [3.63, 3.8) is 0 Å². The number of ether oxygens (including phenoxy) is 1. The summed E-state index contributed by atoms with van der Waals surface area (Å²) in [5, 5.41) is 11.8. The highest BCUT2D eigenvalue weighted by atomic mass is 35.5. The van der Waals surface area contributed by atoms with Crippen LogP contribution >= 0.6 is 11.6 Å². The number of aliphatic hydroxyl groups excluding tert-OH is 1. The monoisotopic (exact) mass is 461 g/mol. The fourth-order valence-electron chi connectivity index (χ4n) is 3.97. The van der Waals surface area contributed by atoms with E-state index in [0.717, 1.165) is 12.0 Å². The van der Waals surface area contributed by atoms with Crippen molar-refractivity contribution in [1.29, 1.82) is 0 Å². The number of rotatable bonds is 6. The summed E-state index contributed by atoms with van der Waals surface area (Å²) in [7, 11) is 0. The van der Waals surface area contributed by atoms with E-state index in [1.807, 2.05) is 19.9 Å². The number of benzene rings is 3. The number of amides is 1. The van der Waals surface area contributed by atoms with Crippen molar-refractivity contribution in [1.82, 2.24) is 0 Å². The van der Waals surface area contributed by atoms with E-state index in [1.54, 1.807) is 66.7 Å². The Labute approximate surface area is 197 Å². The predicted octanol–water partition coefficient (Wildman–Crippen LogP) is 6.06. The van der Waals surface area contributed by atoms with Gasteiger partial charge in [-0.2, -0.15) is 0 Å². The molecule has 0 bridgehead atoms. The van der Waals surface area contributed by atoms with Crippen molar-refractivity contribution in [3.05, 3.63) is 100 Å². The Kier molecular flexibility index (Phi) is 6.52. The highest BCUT2D eigenvalue weighted by Crippen LogP contribution is 2.42. The molecule has 0 aliphatic carbocycles. The van der Waals surface area contributed by atoms with Gasteiger partial charge in [-0.1, -0.05) is 48.9 Å². The van der Waals surface area contributed by atoms with Crippen LogP contribution in [0, 0.1) is 6.92 Å². The van der Waals surface area contributed by atoms with E-state index in [2.05, 4.69) is 0 Å². The fourth-order valence-corrected chi connectivity index (χ4v) is 4.10. The summed E-state index contributed by atoms with van der Waals surface area (Å²) < 4.78 is 5.72. The Bertz CT molecular complexity index is 1220. The molecule has 1 saturated heterocycles. The summed E-state index contributed by atoms with van der Waals surface area (Å²) in [5.41, 5.74) is 2.55. The molecule has 4 rings (SSSR count). The largest absolute Gasteiger partial charge is 0.507 e. The highest BCUT2D eigenvalue weighted by Gasteiger charge is 2.46. The average Bonchev–Trinajstić information content (AvgIpc) is 3.09. The maximum absolute atomic E-state index is 13.2. The molecule has 1 aliphatic heterocycles. The number of nitrogens with zero attached hydrogens (tertiary/aromatic N) is 1. The lowest BCUT2D eigenvalue weighted by atomic mass is 9.94. The normalized spacial score (nSPS) is 17.4. The third-order valence-electron chi connectivity index (χ3n) is 5.57. The van der Waals surface area contributed by atoms with E-state index in [0.29, 0.717) is 34.2 Å². The Balaban J connectivity index is 1.86. The van der Waals surface area contributed by atoms with Crippen LogP contribution in [0.15, 0.2) is 78.4 Å². The molecule has 1 unspecified atom stereocenters. The Morgan fingerprint density at radius 3 is 2.36 bits per heavy atom. The molecule has 1 N–H and O–H groups in total. The van der Waals surface area contributed by atoms with Gasteiger partial charge in [-0.3, -0.25) is 14.5 Å². The summed E-state index contributed by atoms with van der Waals surface area (Å²) in [6, 6.07) is 20.3. The Morgan fingerprint density at radius 1 is 1.03 bits per heavy atom. The van der Waals surface area contributed by atoms with Gasteiger partial charge in [0, 0.05) is 16.3 Å². The highest BCUT2D eigenvalue weighted by molar-refractivity contribution is 6.51. The molecule has 0 radical (unpaired) electrons. The molecule has 5 nitrogen and oxygen atoms in total. The van der Waals surface area contributed by atoms with Gasteiger partial charge in [-0.25, -0.2) is 0 Å². The van der Waals surface area contributed by atoms with Crippen LogP contribution in [0.25, 0.3) is 5.76 Å². The Morgan fingerprint density at radius 2 is 1.73 bits per heavy atom. The second-order valence-electron chi connectivity index (χ2n) is 7.88. The molecule has 1 amide bonds. The molecule has 3 aromatic rings. The van der Waals surface area contributed by atoms with Gasteiger partial charge in [0.15, 0.2) is 0 Å². The predicted molar refractivity (Wildman–Crippen MR) is 130 cm³/mol. The lowest BCUT2D eigenvalue weighted by Crippen LogP contribution is -2.29. The number of carbonyl (C=O) groups excluding carboxylic acids is 2. The van der Waals surface area contributed by atoms with Crippen LogP contribution in [0.1, 0.15) is 36.1 Å². The zero-order valence-electron chi connectivity index (χ0n) is 18.4. The quantitative estimate of drug-likeness (QED) is 0.275. The van der Waals surface area contributed by atoms with Gasteiger partial charge >= 0.3 is 0 Å². The van der Waals surface area contributed by atoms with Crippen LogP contribution in [0.4, 0.5) is 5.69 Å². The second kappa shape index (κ2) is 9.51. The maximum atomic E-state index is 13.2. The molecule has 168 valence electrons. The van der Waals surface area contributed by atoms with Crippen LogP contribution < -0.4 is 9.64 Å². The van der Waals surface area contributed by atoms with E-state index in [-0.39, 0.29) is 11.3 Å². The summed E-state index contributed by atoms with van der Waals surface area (Å²) in [6.45, 7) is 4.49. The smallest absolute Gasteiger partial charge is 0.300 e. The van der Waals surface area contributed by atoms with Gasteiger partial charge in [0.25, 0.3) is 11.7 Å². The topological polar surface area (TPSA) is 66.8 Å². The number of halogens is 1. The van der Waals surface area contributed by atoms with Crippen molar-refractivity contribution in [2.24, 2.45) is 0 Å². The molecular formula is C27H24ClNO4. The van der Waals surface area contributed by atoms with Crippen molar-refractivity contribution in [2.75, 3.05) is 11.5 Å². The molecule has 1 aliphatic rings.